The molecule has 2 aliphatic rings. The maximum Gasteiger partial charge on any atom is 0.225 e. The molecule has 122 valence electrons. The molecule has 1 amide bonds. The zero-order valence-electron chi connectivity index (χ0n) is 14.1. The summed E-state index contributed by atoms with van der Waals surface area (Å²) in [7, 11) is 2.02. The summed E-state index contributed by atoms with van der Waals surface area (Å²) in [5.41, 5.74) is 0. The lowest BCUT2D eigenvalue weighted by atomic mass is 9.79. The van der Waals surface area contributed by atoms with Crippen LogP contribution in [0.5, 0.6) is 0 Å². The summed E-state index contributed by atoms with van der Waals surface area (Å²) in [5, 5.41) is 0. The fourth-order valence-electron chi connectivity index (χ4n) is 4.26. The Morgan fingerprint density at radius 1 is 0.714 bits per heavy atom. The lowest BCUT2D eigenvalue weighted by molar-refractivity contribution is -0.137. The highest BCUT2D eigenvalue weighted by molar-refractivity contribution is 5.79. The van der Waals surface area contributed by atoms with Gasteiger partial charge in [-0.15, -0.1) is 0 Å². The lowest BCUT2D eigenvalue weighted by Crippen LogP contribution is -2.39. The van der Waals surface area contributed by atoms with Gasteiger partial charge in [0.15, 0.2) is 0 Å². The Morgan fingerprint density at radius 3 is 1.81 bits per heavy atom. The van der Waals surface area contributed by atoms with E-state index >= 15 is 0 Å². The number of fused-ring (bicyclic) bond motifs is 1. The highest BCUT2D eigenvalue weighted by atomic mass is 16.2. The minimum atomic E-state index is 0.330. The highest BCUT2D eigenvalue weighted by Crippen LogP contribution is 2.32. The summed E-state index contributed by atoms with van der Waals surface area (Å²) < 4.78 is 0. The van der Waals surface area contributed by atoms with Gasteiger partial charge in [-0.25, -0.2) is 0 Å². The van der Waals surface area contributed by atoms with E-state index in [-0.39, 0.29) is 0 Å². The monoisotopic (exact) mass is 293 g/mol. The Labute approximate surface area is 131 Å². The van der Waals surface area contributed by atoms with Crippen LogP contribution in [0.3, 0.4) is 0 Å². The van der Waals surface area contributed by atoms with Crippen molar-refractivity contribution < 1.29 is 4.79 Å². The molecule has 2 atom stereocenters. The summed E-state index contributed by atoms with van der Waals surface area (Å²) in [6.07, 6.45) is 18.6. The van der Waals surface area contributed by atoms with Crippen LogP contribution in [0.2, 0.25) is 0 Å². The van der Waals surface area contributed by atoms with E-state index in [0.717, 1.165) is 13.0 Å². The fourth-order valence-corrected chi connectivity index (χ4v) is 4.26. The number of nitrogens with zero attached hydrogens (tertiary/aromatic N) is 1. The third-order valence-electron chi connectivity index (χ3n) is 5.67. The molecule has 2 unspecified atom stereocenters. The smallest absolute Gasteiger partial charge is 0.225 e. The number of hydrogen-bond donors (Lipinski definition) is 0. The van der Waals surface area contributed by atoms with E-state index in [9.17, 15) is 4.79 Å². The molecule has 0 bridgehead atoms. The van der Waals surface area contributed by atoms with Gasteiger partial charge in [0.05, 0.1) is 0 Å². The topological polar surface area (TPSA) is 20.3 Å². The Hall–Kier alpha value is -0.530. The van der Waals surface area contributed by atoms with Crippen molar-refractivity contribution in [3.8, 4) is 0 Å². The van der Waals surface area contributed by atoms with E-state index in [4.69, 9.17) is 0 Å². The van der Waals surface area contributed by atoms with Crippen molar-refractivity contribution in [2.75, 3.05) is 13.6 Å². The Morgan fingerprint density at radius 2 is 1.19 bits per heavy atom. The van der Waals surface area contributed by atoms with Crippen LogP contribution in [0, 0.1) is 11.8 Å². The molecule has 2 nitrogen and oxygen atoms in total. The summed E-state index contributed by atoms with van der Waals surface area (Å²) in [6.45, 7) is 0.974. The second kappa shape index (κ2) is 9.48. The molecule has 0 spiro atoms. The van der Waals surface area contributed by atoms with Crippen molar-refractivity contribution >= 4 is 5.91 Å². The molecule has 0 radical (unpaired) electrons. The molecule has 2 fully saturated rings. The predicted octanol–water partition coefficient (Wildman–Crippen LogP) is 5.17. The minimum absolute atomic E-state index is 0.330. The number of likely N-dealkylation sites (tertiary alicyclic amines) is 1. The fraction of sp³-hybridized carbons (Fsp3) is 0.947. The average molecular weight is 293 g/mol. The maximum absolute atomic E-state index is 12.7. The molecule has 0 aromatic rings. The number of carbonyl (C=O) groups excluding carboxylic acids is 1. The molecule has 1 aliphatic heterocycles. The van der Waals surface area contributed by atoms with Gasteiger partial charge < -0.3 is 4.90 Å². The second-order valence-electron chi connectivity index (χ2n) is 7.38. The molecular weight excluding hydrogens is 258 g/mol. The molecule has 1 saturated heterocycles. The van der Waals surface area contributed by atoms with Crippen molar-refractivity contribution in [2.45, 2.75) is 89.9 Å². The van der Waals surface area contributed by atoms with Gasteiger partial charge in [-0.1, -0.05) is 64.2 Å². The molecule has 1 saturated carbocycles. The molecule has 0 aromatic carbocycles. The third kappa shape index (κ3) is 5.64. The third-order valence-corrected chi connectivity index (χ3v) is 5.67. The van der Waals surface area contributed by atoms with Crippen LogP contribution in [-0.2, 0) is 4.79 Å². The van der Waals surface area contributed by atoms with Crippen molar-refractivity contribution in [3.63, 3.8) is 0 Å². The number of carbonyl (C=O) groups is 1. The SMILES string of the molecule is CN1CCCCC2CCCCCCCCCCCC2C1=O. The first-order valence-corrected chi connectivity index (χ1v) is 9.54. The van der Waals surface area contributed by atoms with Crippen molar-refractivity contribution in [1.82, 2.24) is 4.90 Å². The predicted molar refractivity (Wildman–Crippen MR) is 89.3 cm³/mol. The molecule has 0 aromatic heterocycles. The molecule has 2 heteroatoms. The van der Waals surface area contributed by atoms with E-state index < -0.39 is 0 Å². The van der Waals surface area contributed by atoms with Crippen molar-refractivity contribution in [3.05, 3.63) is 0 Å². The van der Waals surface area contributed by atoms with Crippen LogP contribution < -0.4 is 0 Å². The minimum Gasteiger partial charge on any atom is -0.346 e. The molecule has 2 rings (SSSR count). The van der Waals surface area contributed by atoms with E-state index in [1.807, 2.05) is 11.9 Å². The first-order valence-electron chi connectivity index (χ1n) is 9.54. The number of hydrogen-bond acceptors (Lipinski definition) is 1. The summed E-state index contributed by atoms with van der Waals surface area (Å²) in [5.74, 6) is 1.45. The van der Waals surface area contributed by atoms with E-state index in [0.29, 0.717) is 17.7 Å². The normalized spacial score (nSPS) is 31.1. The first kappa shape index (κ1) is 16.8. The zero-order chi connectivity index (χ0) is 14.9. The molecule has 0 N–H and O–H groups in total. The lowest BCUT2D eigenvalue weighted by Gasteiger charge is -2.33. The van der Waals surface area contributed by atoms with Gasteiger partial charge in [-0.2, -0.15) is 0 Å². The number of amides is 1. The van der Waals surface area contributed by atoms with Crippen LogP contribution in [0.1, 0.15) is 89.9 Å². The van der Waals surface area contributed by atoms with Crippen LogP contribution in [0.15, 0.2) is 0 Å². The van der Waals surface area contributed by atoms with Gasteiger partial charge in [0, 0.05) is 19.5 Å². The quantitative estimate of drug-likeness (QED) is 0.603. The van der Waals surface area contributed by atoms with Crippen molar-refractivity contribution in [1.29, 1.82) is 0 Å². The average Bonchev–Trinajstić information content (AvgIpc) is 2.50. The van der Waals surface area contributed by atoms with Crippen LogP contribution in [0.4, 0.5) is 0 Å². The van der Waals surface area contributed by atoms with Crippen LogP contribution in [0.25, 0.3) is 0 Å². The first-order chi connectivity index (χ1) is 10.3. The second-order valence-corrected chi connectivity index (χ2v) is 7.38. The van der Waals surface area contributed by atoms with Crippen molar-refractivity contribution in [2.24, 2.45) is 11.8 Å². The molecule has 1 heterocycles. The molecule has 1 aliphatic carbocycles. The maximum atomic E-state index is 12.7. The Bertz CT molecular complexity index is 302. The summed E-state index contributed by atoms with van der Waals surface area (Å²) in [6, 6.07) is 0. The highest BCUT2D eigenvalue weighted by Gasteiger charge is 2.30. The van der Waals surface area contributed by atoms with E-state index in [1.165, 1.54) is 83.5 Å². The summed E-state index contributed by atoms with van der Waals surface area (Å²) >= 11 is 0. The van der Waals surface area contributed by atoms with Gasteiger partial charge in [-0.3, -0.25) is 4.79 Å². The summed E-state index contributed by atoms with van der Waals surface area (Å²) in [4.78, 5) is 14.8. The zero-order valence-corrected chi connectivity index (χ0v) is 14.1. The van der Waals surface area contributed by atoms with E-state index in [1.54, 1.807) is 0 Å². The van der Waals surface area contributed by atoms with Gasteiger partial charge in [-0.05, 0) is 31.6 Å². The van der Waals surface area contributed by atoms with Gasteiger partial charge in [0.25, 0.3) is 0 Å². The standard InChI is InChI=1S/C19H35NO/c1-20-16-12-11-14-17-13-9-7-5-3-2-4-6-8-10-15-18(17)19(20)21/h17-18H,2-16H2,1H3. The van der Waals surface area contributed by atoms with Gasteiger partial charge in [0.2, 0.25) is 5.91 Å². The van der Waals surface area contributed by atoms with Gasteiger partial charge >= 0.3 is 0 Å². The largest absolute Gasteiger partial charge is 0.346 e. The molecular formula is C19H35NO. The number of rotatable bonds is 0. The van der Waals surface area contributed by atoms with Gasteiger partial charge in [0.1, 0.15) is 0 Å². The van der Waals surface area contributed by atoms with Crippen LogP contribution in [-0.4, -0.2) is 24.4 Å². The Balaban J connectivity index is 1.99. The molecule has 21 heavy (non-hydrogen) atoms. The van der Waals surface area contributed by atoms with Crippen LogP contribution >= 0.6 is 0 Å². The Kier molecular flexibility index (Phi) is 7.60. The van der Waals surface area contributed by atoms with E-state index in [2.05, 4.69) is 0 Å².